The lowest BCUT2D eigenvalue weighted by atomic mass is 9.87. The third-order valence-electron chi connectivity index (χ3n) is 3.72. The van der Waals surface area contributed by atoms with E-state index < -0.39 is 11.7 Å². The van der Waals surface area contributed by atoms with Gasteiger partial charge in [0, 0.05) is 12.1 Å². The van der Waals surface area contributed by atoms with Crippen LogP contribution in [0.5, 0.6) is 0 Å². The molecule has 2 rings (SSSR count). The fourth-order valence-electron chi connectivity index (χ4n) is 2.26. The molecule has 0 saturated heterocycles. The van der Waals surface area contributed by atoms with Crippen molar-refractivity contribution in [1.82, 2.24) is 5.32 Å². The van der Waals surface area contributed by atoms with Crippen molar-refractivity contribution in [2.24, 2.45) is 0 Å². The van der Waals surface area contributed by atoms with Gasteiger partial charge >= 0.3 is 6.18 Å². The van der Waals surface area contributed by atoms with Crippen LogP contribution in [0.25, 0.3) is 0 Å². The summed E-state index contributed by atoms with van der Waals surface area (Å²) in [5, 5.41) is 2.65. The average Bonchev–Trinajstić information content (AvgIpc) is 2.51. The molecular weight excluding hydrogens is 315 g/mol. The third-order valence-corrected chi connectivity index (χ3v) is 3.72. The maximum atomic E-state index is 12.7. The molecule has 0 fully saturated rings. The molecule has 0 atom stereocenters. The highest BCUT2D eigenvalue weighted by Crippen LogP contribution is 2.29. The highest BCUT2D eigenvalue weighted by atomic mass is 19.4. The Hall–Kier alpha value is -2.30. The molecule has 0 heterocycles. The van der Waals surface area contributed by atoms with Crippen LogP contribution in [0.1, 0.15) is 47.8 Å². The molecule has 0 saturated carbocycles. The van der Waals surface area contributed by atoms with Crippen molar-refractivity contribution < 1.29 is 18.0 Å². The summed E-state index contributed by atoms with van der Waals surface area (Å²) in [5.41, 5.74) is 1.27. The molecule has 0 bridgehead atoms. The summed E-state index contributed by atoms with van der Waals surface area (Å²) in [5.74, 6) is -0.312. The molecule has 2 nitrogen and oxygen atoms in total. The van der Waals surface area contributed by atoms with Crippen LogP contribution in [0.4, 0.5) is 13.2 Å². The number of amides is 1. The van der Waals surface area contributed by atoms with Crippen molar-refractivity contribution in [2.45, 2.75) is 38.9 Å². The number of rotatable bonds is 3. The summed E-state index contributed by atoms with van der Waals surface area (Å²) in [6.45, 7) is 6.28. The predicted molar refractivity (Wildman–Crippen MR) is 87.8 cm³/mol. The molecule has 0 aliphatic rings. The van der Waals surface area contributed by atoms with Gasteiger partial charge in [-0.2, -0.15) is 13.2 Å². The van der Waals surface area contributed by atoms with Gasteiger partial charge in [-0.25, -0.2) is 0 Å². The Kier molecular flexibility index (Phi) is 5.02. The second-order valence-corrected chi connectivity index (χ2v) is 6.71. The minimum Gasteiger partial charge on any atom is -0.348 e. The first-order valence-corrected chi connectivity index (χ1v) is 7.62. The summed E-state index contributed by atoms with van der Waals surface area (Å²) in [6, 6.07) is 12.2. The molecule has 0 aliphatic carbocycles. The van der Waals surface area contributed by atoms with E-state index in [-0.39, 0.29) is 17.9 Å². The van der Waals surface area contributed by atoms with Crippen LogP contribution in [-0.4, -0.2) is 5.91 Å². The van der Waals surface area contributed by atoms with Crippen molar-refractivity contribution in [1.29, 1.82) is 0 Å². The van der Waals surface area contributed by atoms with E-state index in [1.54, 1.807) is 18.2 Å². The highest BCUT2D eigenvalue weighted by Gasteiger charge is 2.30. The van der Waals surface area contributed by atoms with Crippen molar-refractivity contribution in [3.8, 4) is 0 Å². The monoisotopic (exact) mass is 335 g/mol. The van der Waals surface area contributed by atoms with Crippen LogP contribution in [0.3, 0.4) is 0 Å². The quantitative estimate of drug-likeness (QED) is 0.846. The smallest absolute Gasteiger partial charge is 0.348 e. The van der Waals surface area contributed by atoms with Crippen LogP contribution in [0, 0.1) is 0 Å². The Morgan fingerprint density at radius 2 is 1.58 bits per heavy atom. The molecule has 0 spiro atoms. The molecule has 0 aromatic heterocycles. The van der Waals surface area contributed by atoms with E-state index in [4.69, 9.17) is 0 Å². The Bertz CT molecular complexity index is 713. The lowest BCUT2D eigenvalue weighted by molar-refractivity contribution is -0.137. The molecule has 2 aromatic rings. The van der Waals surface area contributed by atoms with Gasteiger partial charge in [-0.3, -0.25) is 4.79 Å². The molecule has 0 aliphatic heterocycles. The number of benzene rings is 2. The second kappa shape index (κ2) is 6.67. The largest absolute Gasteiger partial charge is 0.416 e. The maximum absolute atomic E-state index is 12.7. The highest BCUT2D eigenvalue weighted by molar-refractivity contribution is 5.94. The van der Waals surface area contributed by atoms with E-state index in [0.29, 0.717) is 11.1 Å². The summed E-state index contributed by atoms with van der Waals surface area (Å²) in [6.07, 6.45) is -4.39. The number of nitrogens with one attached hydrogen (secondary N) is 1. The fraction of sp³-hybridized carbons (Fsp3) is 0.316. The summed E-state index contributed by atoms with van der Waals surface area (Å²) >= 11 is 0. The van der Waals surface area contributed by atoms with Crippen LogP contribution < -0.4 is 5.32 Å². The standard InChI is InChI=1S/C19H20F3NO/c1-18(2,3)15-9-7-14(8-10-15)17(24)23-12-13-5-4-6-16(11-13)19(20,21)22/h4-11H,12H2,1-3H3,(H,23,24). The maximum Gasteiger partial charge on any atom is 0.416 e. The number of halogens is 3. The van der Waals surface area contributed by atoms with E-state index in [1.165, 1.54) is 6.07 Å². The number of carbonyl (C=O) groups is 1. The Morgan fingerprint density at radius 1 is 0.958 bits per heavy atom. The second-order valence-electron chi connectivity index (χ2n) is 6.71. The van der Waals surface area contributed by atoms with Gasteiger partial charge in [0.25, 0.3) is 5.91 Å². The number of carbonyl (C=O) groups excluding carboxylic acids is 1. The minimum absolute atomic E-state index is 0.00690. The van der Waals surface area contributed by atoms with E-state index in [9.17, 15) is 18.0 Å². The van der Waals surface area contributed by atoms with E-state index >= 15 is 0 Å². The zero-order chi connectivity index (χ0) is 18.0. The fourth-order valence-corrected chi connectivity index (χ4v) is 2.26. The first-order chi connectivity index (χ1) is 11.1. The van der Waals surface area contributed by atoms with E-state index in [0.717, 1.165) is 17.7 Å². The van der Waals surface area contributed by atoms with Crippen molar-refractivity contribution in [3.63, 3.8) is 0 Å². The first kappa shape index (κ1) is 18.0. The first-order valence-electron chi connectivity index (χ1n) is 7.62. The molecule has 5 heteroatoms. The molecule has 1 N–H and O–H groups in total. The van der Waals surface area contributed by atoms with Gasteiger partial charge in [-0.15, -0.1) is 0 Å². The van der Waals surface area contributed by atoms with Crippen molar-refractivity contribution in [2.75, 3.05) is 0 Å². The average molecular weight is 335 g/mol. The number of hydrogen-bond donors (Lipinski definition) is 1. The Balaban J connectivity index is 2.03. The lowest BCUT2D eigenvalue weighted by Gasteiger charge is -2.19. The predicted octanol–water partition coefficient (Wildman–Crippen LogP) is 4.93. The van der Waals surface area contributed by atoms with Gasteiger partial charge in [-0.1, -0.05) is 45.0 Å². The van der Waals surface area contributed by atoms with Crippen LogP contribution in [0.2, 0.25) is 0 Å². The summed E-state index contributed by atoms with van der Waals surface area (Å²) in [7, 11) is 0. The van der Waals surface area contributed by atoms with Gasteiger partial charge in [0.1, 0.15) is 0 Å². The molecule has 128 valence electrons. The molecule has 2 aromatic carbocycles. The van der Waals surface area contributed by atoms with E-state index in [1.807, 2.05) is 12.1 Å². The van der Waals surface area contributed by atoms with Crippen molar-refractivity contribution in [3.05, 3.63) is 70.8 Å². The number of alkyl halides is 3. The van der Waals surface area contributed by atoms with E-state index in [2.05, 4.69) is 26.1 Å². The molecule has 24 heavy (non-hydrogen) atoms. The van der Waals surface area contributed by atoms with Crippen LogP contribution in [0.15, 0.2) is 48.5 Å². The van der Waals surface area contributed by atoms with Gasteiger partial charge in [0.2, 0.25) is 0 Å². The van der Waals surface area contributed by atoms with Crippen molar-refractivity contribution >= 4 is 5.91 Å². The van der Waals surface area contributed by atoms with Gasteiger partial charge in [0.05, 0.1) is 5.56 Å². The molecular formula is C19H20F3NO. The number of hydrogen-bond acceptors (Lipinski definition) is 1. The van der Waals surface area contributed by atoms with Crippen LogP contribution >= 0.6 is 0 Å². The molecule has 0 unspecified atom stereocenters. The topological polar surface area (TPSA) is 29.1 Å². The van der Waals surface area contributed by atoms with Gasteiger partial charge in [-0.05, 0) is 40.8 Å². The Labute approximate surface area is 139 Å². The van der Waals surface area contributed by atoms with Gasteiger partial charge < -0.3 is 5.32 Å². The SMILES string of the molecule is CC(C)(C)c1ccc(C(=O)NCc2cccc(C(F)(F)F)c2)cc1. The third kappa shape index (κ3) is 4.60. The normalized spacial score (nSPS) is 12.1. The zero-order valence-corrected chi connectivity index (χ0v) is 13.9. The Morgan fingerprint density at radius 3 is 2.12 bits per heavy atom. The summed E-state index contributed by atoms with van der Waals surface area (Å²) < 4.78 is 38.0. The zero-order valence-electron chi connectivity index (χ0n) is 13.9. The summed E-state index contributed by atoms with van der Waals surface area (Å²) in [4.78, 5) is 12.1. The molecule has 1 amide bonds. The lowest BCUT2D eigenvalue weighted by Crippen LogP contribution is -2.23. The van der Waals surface area contributed by atoms with Gasteiger partial charge in [0.15, 0.2) is 0 Å². The van der Waals surface area contributed by atoms with Crippen LogP contribution in [-0.2, 0) is 18.1 Å². The minimum atomic E-state index is -4.39. The molecule has 0 radical (unpaired) electrons.